The van der Waals surface area contributed by atoms with Gasteiger partial charge >= 0.3 is 0 Å². The van der Waals surface area contributed by atoms with Crippen molar-refractivity contribution in [3.63, 3.8) is 0 Å². The normalized spacial score (nSPS) is 16.7. The molecule has 25 heavy (non-hydrogen) atoms. The van der Waals surface area contributed by atoms with Gasteiger partial charge < -0.3 is 15.4 Å². The van der Waals surface area contributed by atoms with Gasteiger partial charge in [0.2, 0.25) is 0 Å². The van der Waals surface area contributed by atoms with Crippen molar-refractivity contribution in [3.05, 3.63) is 48.0 Å². The first-order valence-corrected chi connectivity index (χ1v) is 7.98. The molecule has 1 aliphatic heterocycles. The van der Waals surface area contributed by atoms with E-state index >= 15 is 0 Å². The molecule has 0 saturated carbocycles. The third kappa shape index (κ3) is 4.40. The van der Waals surface area contributed by atoms with Gasteiger partial charge in [0, 0.05) is 43.4 Å². The molecule has 0 unspecified atom stereocenters. The average Bonchev–Trinajstić information content (AvgIpc) is 2.58. The van der Waals surface area contributed by atoms with Crippen molar-refractivity contribution in [1.82, 2.24) is 10.5 Å². The lowest BCUT2D eigenvalue weighted by Gasteiger charge is -2.33. The van der Waals surface area contributed by atoms with Gasteiger partial charge in [-0.15, -0.1) is 0 Å². The zero-order chi connectivity index (χ0) is 17.9. The van der Waals surface area contributed by atoms with Crippen LogP contribution in [0.25, 0.3) is 0 Å². The predicted molar refractivity (Wildman–Crippen MR) is 88.9 cm³/mol. The zero-order valence-corrected chi connectivity index (χ0v) is 13.5. The molecule has 1 aromatic carbocycles. The quantitative estimate of drug-likeness (QED) is 0.717. The van der Waals surface area contributed by atoms with Crippen LogP contribution in [0.4, 0.5) is 30.2 Å². The molecule has 5 nitrogen and oxygen atoms in total. The second kappa shape index (κ2) is 7.28. The van der Waals surface area contributed by atoms with E-state index in [4.69, 9.17) is 5.21 Å². The third-order valence-electron chi connectivity index (χ3n) is 4.18. The molecule has 3 N–H and O–H groups in total. The smallest absolute Gasteiger partial charge is 0.251 e. The summed E-state index contributed by atoms with van der Waals surface area (Å²) in [5, 5.41) is 11.6. The SMILES string of the molecule is ONCc1ncc(Nc2ccc(N3CCC(F)(F)CC3)cc2)cc1F. The van der Waals surface area contributed by atoms with Crippen LogP contribution in [-0.4, -0.2) is 29.2 Å². The van der Waals surface area contributed by atoms with Crippen LogP contribution in [0.2, 0.25) is 0 Å². The Balaban J connectivity index is 1.64. The molecule has 1 aliphatic rings. The topological polar surface area (TPSA) is 60.4 Å². The molecule has 0 aliphatic carbocycles. The first-order valence-electron chi connectivity index (χ1n) is 7.98. The monoisotopic (exact) mass is 352 g/mol. The van der Waals surface area contributed by atoms with Crippen LogP contribution < -0.4 is 15.7 Å². The van der Waals surface area contributed by atoms with Gasteiger partial charge in [-0.25, -0.2) is 13.2 Å². The molecule has 1 aromatic heterocycles. The van der Waals surface area contributed by atoms with Crippen LogP contribution in [0.5, 0.6) is 0 Å². The number of hydrogen-bond donors (Lipinski definition) is 3. The Labute approximate surface area is 143 Å². The second-order valence-electron chi connectivity index (χ2n) is 6.00. The van der Waals surface area contributed by atoms with Crippen molar-refractivity contribution in [2.24, 2.45) is 0 Å². The Morgan fingerprint density at radius 2 is 1.80 bits per heavy atom. The molecule has 0 bridgehead atoms. The number of alkyl halides is 2. The fourth-order valence-electron chi connectivity index (χ4n) is 2.75. The number of nitrogens with one attached hydrogen (secondary N) is 2. The van der Waals surface area contributed by atoms with Gasteiger partial charge in [0.25, 0.3) is 5.92 Å². The standard InChI is InChI=1S/C17H19F3N4O/c18-15-9-13(10-21-16(15)11-22-25)23-12-1-3-14(4-2-12)24-7-5-17(19,20)6-8-24/h1-4,9-10,22-23,25H,5-8,11H2. The lowest BCUT2D eigenvalue weighted by Crippen LogP contribution is -2.39. The number of rotatable bonds is 5. The van der Waals surface area contributed by atoms with Crippen molar-refractivity contribution in [1.29, 1.82) is 0 Å². The molecule has 0 radical (unpaired) electrons. The maximum absolute atomic E-state index is 13.8. The van der Waals surface area contributed by atoms with Gasteiger partial charge in [-0.05, 0) is 24.3 Å². The summed E-state index contributed by atoms with van der Waals surface area (Å²) in [5.41, 5.74) is 4.07. The Kier molecular flexibility index (Phi) is 5.10. The van der Waals surface area contributed by atoms with Crippen molar-refractivity contribution < 1.29 is 18.4 Å². The van der Waals surface area contributed by atoms with Gasteiger partial charge in [0.05, 0.1) is 24.1 Å². The van der Waals surface area contributed by atoms with Gasteiger partial charge in [-0.1, -0.05) is 0 Å². The number of aromatic nitrogens is 1. The molecule has 2 aromatic rings. The summed E-state index contributed by atoms with van der Waals surface area (Å²) >= 11 is 0. The number of benzene rings is 1. The molecule has 8 heteroatoms. The number of halogens is 3. The van der Waals surface area contributed by atoms with Gasteiger partial charge in [0.1, 0.15) is 5.82 Å². The lowest BCUT2D eigenvalue weighted by atomic mass is 10.1. The Morgan fingerprint density at radius 3 is 2.40 bits per heavy atom. The summed E-state index contributed by atoms with van der Waals surface area (Å²) < 4.78 is 40.2. The van der Waals surface area contributed by atoms with Gasteiger partial charge in [0.15, 0.2) is 0 Å². The van der Waals surface area contributed by atoms with Crippen molar-refractivity contribution in [2.75, 3.05) is 23.3 Å². The second-order valence-corrected chi connectivity index (χ2v) is 6.00. The maximum atomic E-state index is 13.8. The molecule has 0 atom stereocenters. The van der Waals surface area contributed by atoms with E-state index in [0.717, 1.165) is 11.4 Å². The largest absolute Gasteiger partial charge is 0.371 e. The van der Waals surface area contributed by atoms with E-state index < -0.39 is 11.7 Å². The number of nitrogens with zero attached hydrogens (tertiary/aromatic N) is 2. The molecule has 2 heterocycles. The summed E-state index contributed by atoms with van der Waals surface area (Å²) in [6.45, 7) is 0.584. The highest BCUT2D eigenvalue weighted by Crippen LogP contribution is 2.31. The summed E-state index contributed by atoms with van der Waals surface area (Å²) in [7, 11) is 0. The zero-order valence-electron chi connectivity index (χ0n) is 13.5. The molecular formula is C17H19F3N4O. The number of hydroxylamine groups is 1. The molecule has 1 fully saturated rings. The molecular weight excluding hydrogens is 333 g/mol. The molecule has 0 amide bonds. The van der Waals surface area contributed by atoms with Crippen LogP contribution in [0.15, 0.2) is 36.5 Å². The van der Waals surface area contributed by atoms with Crippen LogP contribution in [0, 0.1) is 5.82 Å². The average molecular weight is 352 g/mol. The first kappa shape index (κ1) is 17.5. The predicted octanol–water partition coefficient (Wildman–Crippen LogP) is 3.68. The number of anilines is 3. The molecule has 1 saturated heterocycles. The molecule has 3 rings (SSSR count). The van der Waals surface area contributed by atoms with E-state index in [1.54, 1.807) is 0 Å². The highest BCUT2D eigenvalue weighted by Gasteiger charge is 2.33. The van der Waals surface area contributed by atoms with E-state index in [9.17, 15) is 13.2 Å². The van der Waals surface area contributed by atoms with E-state index in [2.05, 4.69) is 10.3 Å². The number of hydrogen-bond acceptors (Lipinski definition) is 5. The van der Waals surface area contributed by atoms with E-state index in [1.807, 2.05) is 34.6 Å². The van der Waals surface area contributed by atoms with Gasteiger partial charge in [-0.2, -0.15) is 5.48 Å². The van der Waals surface area contributed by atoms with Gasteiger partial charge in [-0.3, -0.25) is 4.98 Å². The summed E-state index contributed by atoms with van der Waals surface area (Å²) in [5.74, 6) is -3.09. The Morgan fingerprint density at radius 1 is 1.12 bits per heavy atom. The Hall–Kier alpha value is -2.32. The van der Waals surface area contributed by atoms with Crippen molar-refractivity contribution in [3.8, 4) is 0 Å². The minimum absolute atomic E-state index is 0.0737. The summed E-state index contributed by atoms with van der Waals surface area (Å²) in [4.78, 5) is 5.86. The van der Waals surface area contributed by atoms with Crippen LogP contribution in [-0.2, 0) is 6.54 Å². The first-order chi connectivity index (χ1) is 12.0. The van der Waals surface area contributed by atoms with E-state index in [1.165, 1.54) is 12.3 Å². The number of pyridine rings is 1. The third-order valence-corrected chi connectivity index (χ3v) is 4.18. The fourth-order valence-corrected chi connectivity index (χ4v) is 2.75. The van der Waals surface area contributed by atoms with Crippen molar-refractivity contribution >= 4 is 17.1 Å². The number of piperidine rings is 1. The Bertz CT molecular complexity index is 714. The molecule has 134 valence electrons. The summed E-state index contributed by atoms with van der Waals surface area (Å²) in [6, 6.07) is 8.60. The highest BCUT2D eigenvalue weighted by molar-refractivity contribution is 5.62. The summed E-state index contributed by atoms with van der Waals surface area (Å²) in [6.07, 6.45) is 1.20. The highest BCUT2D eigenvalue weighted by atomic mass is 19.3. The minimum Gasteiger partial charge on any atom is -0.371 e. The lowest BCUT2D eigenvalue weighted by molar-refractivity contribution is -0.0220. The maximum Gasteiger partial charge on any atom is 0.251 e. The molecule has 0 spiro atoms. The van der Waals surface area contributed by atoms with Crippen LogP contribution in [0.1, 0.15) is 18.5 Å². The van der Waals surface area contributed by atoms with Crippen LogP contribution >= 0.6 is 0 Å². The fraction of sp³-hybridized carbons (Fsp3) is 0.353. The van der Waals surface area contributed by atoms with Crippen molar-refractivity contribution in [2.45, 2.75) is 25.3 Å². The van der Waals surface area contributed by atoms with E-state index in [0.29, 0.717) is 18.8 Å². The minimum atomic E-state index is -2.56. The van der Waals surface area contributed by atoms with Crippen LogP contribution in [0.3, 0.4) is 0 Å². The van der Waals surface area contributed by atoms with E-state index in [-0.39, 0.29) is 25.1 Å².